The number of nitrogens with zero attached hydrogens (tertiary/aromatic N) is 1. The van der Waals surface area contributed by atoms with Gasteiger partial charge in [-0.05, 0) is 30.3 Å². The minimum absolute atomic E-state index is 0.104. The van der Waals surface area contributed by atoms with Gasteiger partial charge in [0.1, 0.15) is 0 Å². The van der Waals surface area contributed by atoms with E-state index < -0.39 is 5.97 Å². The van der Waals surface area contributed by atoms with E-state index in [2.05, 4.69) is 15.6 Å². The van der Waals surface area contributed by atoms with Gasteiger partial charge in [0.25, 0.3) is 0 Å². The third-order valence-corrected chi connectivity index (χ3v) is 6.51. The predicted octanol–water partition coefficient (Wildman–Crippen LogP) is 5.65. The molecular formula is C21H17Cl2N3O4S2. The number of carboxylic acids is 1. The van der Waals surface area contributed by atoms with E-state index in [0.717, 1.165) is 10.5 Å². The highest BCUT2D eigenvalue weighted by molar-refractivity contribution is 8.00. The Bertz CT molecular complexity index is 1150. The summed E-state index contributed by atoms with van der Waals surface area (Å²) in [4.78, 5) is 39.8. The molecule has 166 valence electrons. The largest absolute Gasteiger partial charge is 0.481 e. The summed E-state index contributed by atoms with van der Waals surface area (Å²) in [6.45, 7) is 0. The van der Waals surface area contributed by atoms with Crippen molar-refractivity contribution in [1.29, 1.82) is 0 Å². The fourth-order valence-corrected chi connectivity index (χ4v) is 4.32. The number of thioether (sulfide) groups is 1. The van der Waals surface area contributed by atoms with Crippen LogP contribution in [0.4, 0.5) is 10.8 Å². The van der Waals surface area contributed by atoms with Gasteiger partial charge in [-0.25, -0.2) is 4.98 Å². The lowest BCUT2D eigenvalue weighted by molar-refractivity contribution is -0.138. The van der Waals surface area contributed by atoms with Gasteiger partial charge in [-0.15, -0.1) is 23.1 Å². The maximum atomic E-state index is 12.3. The van der Waals surface area contributed by atoms with Crippen LogP contribution in [0.25, 0.3) is 11.3 Å². The first-order valence-corrected chi connectivity index (χ1v) is 11.9. The van der Waals surface area contributed by atoms with Crippen molar-refractivity contribution in [3.63, 3.8) is 0 Å². The summed E-state index contributed by atoms with van der Waals surface area (Å²) in [5.74, 6) is -1.48. The van der Waals surface area contributed by atoms with Crippen molar-refractivity contribution < 1.29 is 19.5 Å². The van der Waals surface area contributed by atoms with Crippen LogP contribution in [0.5, 0.6) is 0 Å². The molecule has 1 aromatic heterocycles. The standard InChI is InChI=1S/C21H17Cl2N3O4S2/c22-15-5-4-12(8-16(15)23)17-10-32-21(25-17)26-19(28)11-31-14-3-1-2-13(9-14)24-18(27)6-7-20(29)30/h1-5,8-10H,6-7,11H2,(H,24,27)(H,29,30)(H,25,26,28). The molecule has 3 aromatic rings. The lowest BCUT2D eigenvalue weighted by atomic mass is 10.2. The quantitative estimate of drug-likeness (QED) is 0.321. The average molecular weight is 510 g/mol. The zero-order valence-electron chi connectivity index (χ0n) is 16.4. The Labute approximate surface area is 202 Å². The number of amides is 2. The first kappa shape index (κ1) is 24.1. The number of benzene rings is 2. The lowest BCUT2D eigenvalue weighted by Gasteiger charge is -2.07. The smallest absolute Gasteiger partial charge is 0.303 e. The Balaban J connectivity index is 1.52. The Morgan fingerprint density at radius 3 is 2.56 bits per heavy atom. The number of hydrogen-bond acceptors (Lipinski definition) is 6. The summed E-state index contributed by atoms with van der Waals surface area (Å²) in [7, 11) is 0. The van der Waals surface area contributed by atoms with Gasteiger partial charge in [0.05, 0.1) is 27.9 Å². The number of aromatic nitrogens is 1. The van der Waals surface area contributed by atoms with Crippen LogP contribution >= 0.6 is 46.3 Å². The molecule has 0 aliphatic heterocycles. The first-order chi connectivity index (χ1) is 15.3. The summed E-state index contributed by atoms with van der Waals surface area (Å²) in [6.07, 6.45) is -0.336. The van der Waals surface area contributed by atoms with Crippen LogP contribution in [0.15, 0.2) is 52.7 Å². The molecule has 11 heteroatoms. The summed E-state index contributed by atoms with van der Waals surface area (Å²) in [6, 6.07) is 12.2. The molecule has 0 spiro atoms. The second-order valence-electron chi connectivity index (χ2n) is 6.47. The van der Waals surface area contributed by atoms with E-state index in [1.165, 1.54) is 23.1 Å². The van der Waals surface area contributed by atoms with Gasteiger partial charge in [-0.2, -0.15) is 0 Å². The Hall–Kier alpha value is -2.59. The minimum Gasteiger partial charge on any atom is -0.481 e. The van der Waals surface area contributed by atoms with E-state index in [0.29, 0.717) is 26.6 Å². The fourth-order valence-electron chi connectivity index (χ4n) is 2.53. The van der Waals surface area contributed by atoms with Crippen molar-refractivity contribution >= 4 is 74.9 Å². The number of carbonyl (C=O) groups excluding carboxylic acids is 2. The molecule has 2 aromatic carbocycles. The molecule has 0 radical (unpaired) electrons. The number of nitrogens with one attached hydrogen (secondary N) is 2. The zero-order valence-corrected chi connectivity index (χ0v) is 19.6. The molecule has 3 rings (SSSR count). The van der Waals surface area contributed by atoms with Gasteiger partial charge in [-0.1, -0.05) is 35.3 Å². The topological polar surface area (TPSA) is 108 Å². The van der Waals surface area contributed by atoms with Gasteiger partial charge in [0, 0.05) is 27.9 Å². The molecule has 0 atom stereocenters. The molecule has 2 amide bonds. The van der Waals surface area contributed by atoms with Crippen LogP contribution in [0, 0.1) is 0 Å². The molecule has 0 aliphatic rings. The van der Waals surface area contributed by atoms with E-state index in [1.54, 1.807) is 36.4 Å². The van der Waals surface area contributed by atoms with Gasteiger partial charge in [0.15, 0.2) is 5.13 Å². The fraction of sp³-hybridized carbons (Fsp3) is 0.143. The summed E-state index contributed by atoms with van der Waals surface area (Å²) in [5.41, 5.74) is 2.02. The van der Waals surface area contributed by atoms with Gasteiger partial charge < -0.3 is 15.7 Å². The van der Waals surface area contributed by atoms with Crippen molar-refractivity contribution in [2.24, 2.45) is 0 Å². The molecular weight excluding hydrogens is 493 g/mol. The van der Waals surface area contributed by atoms with Crippen molar-refractivity contribution in [2.75, 3.05) is 16.4 Å². The molecule has 0 aliphatic carbocycles. The highest BCUT2D eigenvalue weighted by Gasteiger charge is 2.11. The van der Waals surface area contributed by atoms with Crippen LogP contribution in [0.2, 0.25) is 10.0 Å². The lowest BCUT2D eigenvalue weighted by Crippen LogP contribution is -2.14. The highest BCUT2D eigenvalue weighted by atomic mass is 35.5. The molecule has 7 nitrogen and oxygen atoms in total. The Morgan fingerprint density at radius 2 is 1.81 bits per heavy atom. The number of thiazole rings is 1. The van der Waals surface area contributed by atoms with E-state index in [4.69, 9.17) is 28.3 Å². The van der Waals surface area contributed by atoms with Crippen LogP contribution in [0.1, 0.15) is 12.8 Å². The monoisotopic (exact) mass is 509 g/mol. The number of anilines is 2. The maximum absolute atomic E-state index is 12.3. The summed E-state index contributed by atoms with van der Waals surface area (Å²) in [5, 5.41) is 17.2. The highest BCUT2D eigenvalue weighted by Crippen LogP contribution is 2.30. The molecule has 3 N–H and O–H groups in total. The van der Waals surface area contributed by atoms with Gasteiger partial charge in [-0.3, -0.25) is 14.4 Å². The van der Waals surface area contributed by atoms with Gasteiger partial charge in [0.2, 0.25) is 11.8 Å². The van der Waals surface area contributed by atoms with Crippen LogP contribution in [-0.4, -0.2) is 33.6 Å². The number of carboxylic acid groups (broad SMARTS) is 1. The Morgan fingerprint density at radius 1 is 1.00 bits per heavy atom. The van der Waals surface area contributed by atoms with Crippen molar-refractivity contribution in [3.05, 3.63) is 57.9 Å². The van der Waals surface area contributed by atoms with Crippen LogP contribution in [0.3, 0.4) is 0 Å². The summed E-state index contributed by atoms with van der Waals surface area (Å²) < 4.78 is 0. The molecule has 0 bridgehead atoms. The number of carbonyl (C=O) groups is 3. The van der Waals surface area contributed by atoms with Gasteiger partial charge >= 0.3 is 5.97 Å². The Kier molecular flexibility index (Phi) is 8.52. The SMILES string of the molecule is O=C(O)CCC(=O)Nc1cccc(SCC(=O)Nc2nc(-c3ccc(Cl)c(Cl)c3)cs2)c1. The van der Waals surface area contributed by atoms with E-state index >= 15 is 0 Å². The molecule has 0 saturated heterocycles. The zero-order chi connectivity index (χ0) is 23.1. The van der Waals surface area contributed by atoms with Crippen LogP contribution < -0.4 is 10.6 Å². The van der Waals surface area contributed by atoms with Crippen molar-refractivity contribution in [2.45, 2.75) is 17.7 Å². The maximum Gasteiger partial charge on any atom is 0.303 e. The predicted molar refractivity (Wildman–Crippen MR) is 129 cm³/mol. The molecule has 0 saturated carbocycles. The number of aliphatic carboxylic acids is 1. The second kappa shape index (κ2) is 11.3. The second-order valence-corrected chi connectivity index (χ2v) is 9.19. The molecule has 0 fully saturated rings. The van der Waals surface area contributed by atoms with Crippen molar-refractivity contribution in [1.82, 2.24) is 4.98 Å². The van der Waals surface area contributed by atoms with Crippen molar-refractivity contribution in [3.8, 4) is 11.3 Å². The van der Waals surface area contributed by atoms with E-state index in [9.17, 15) is 14.4 Å². The minimum atomic E-state index is -1.03. The van der Waals surface area contributed by atoms with E-state index in [1.807, 2.05) is 11.4 Å². The molecule has 1 heterocycles. The average Bonchev–Trinajstić information content (AvgIpc) is 3.21. The first-order valence-electron chi connectivity index (χ1n) is 9.25. The third-order valence-electron chi connectivity index (χ3n) is 4.02. The third kappa shape index (κ3) is 7.23. The summed E-state index contributed by atoms with van der Waals surface area (Å²) >= 11 is 14.6. The number of rotatable bonds is 9. The number of hydrogen-bond donors (Lipinski definition) is 3. The number of halogens is 2. The van der Waals surface area contributed by atoms with E-state index in [-0.39, 0.29) is 30.4 Å². The normalized spacial score (nSPS) is 10.6. The van der Waals surface area contributed by atoms with Crippen LogP contribution in [-0.2, 0) is 14.4 Å². The molecule has 32 heavy (non-hydrogen) atoms. The molecule has 0 unspecified atom stereocenters.